The molecule has 41 heavy (non-hydrogen) atoms. The number of nitrogens with two attached hydrogens (primary N) is 1. The Morgan fingerprint density at radius 3 is 2.39 bits per heavy atom. The second-order valence-electron chi connectivity index (χ2n) is 11.0. The van der Waals surface area contributed by atoms with Crippen LogP contribution in [-0.4, -0.2) is 87.6 Å². The number of hydrogen-bond acceptors (Lipinski definition) is 11. The van der Waals surface area contributed by atoms with E-state index in [2.05, 4.69) is 4.98 Å². The van der Waals surface area contributed by atoms with Crippen molar-refractivity contribution < 1.29 is 34.8 Å². The molecule has 0 bridgehead atoms. The number of Topliss-reactive ketones (excluding diaryl/α,β-unsaturated/α-hetero) is 2. The van der Waals surface area contributed by atoms with E-state index in [0.717, 1.165) is 0 Å². The van der Waals surface area contributed by atoms with Crippen LogP contribution in [0.3, 0.4) is 0 Å². The zero-order valence-electron chi connectivity index (χ0n) is 22.8. The van der Waals surface area contributed by atoms with E-state index in [-0.39, 0.29) is 41.0 Å². The van der Waals surface area contributed by atoms with Crippen molar-refractivity contribution >= 4 is 23.2 Å². The predicted molar refractivity (Wildman–Crippen MR) is 146 cm³/mol. The maximum absolute atomic E-state index is 14.1. The molecule has 6 N–H and O–H groups in total. The first kappa shape index (κ1) is 27.8. The van der Waals surface area contributed by atoms with Gasteiger partial charge in [0, 0.05) is 48.6 Å². The number of phenolic OH excluding ortho intramolecular Hbond substituents is 1. The van der Waals surface area contributed by atoms with Gasteiger partial charge in [-0.15, -0.1) is 0 Å². The number of benzene rings is 1. The number of carbonyl (C=O) groups excluding carboxylic acids is 3. The molecule has 0 spiro atoms. The average Bonchev–Trinajstić information content (AvgIpc) is 2.90. The van der Waals surface area contributed by atoms with Gasteiger partial charge < -0.3 is 31.1 Å². The van der Waals surface area contributed by atoms with Crippen molar-refractivity contribution in [2.75, 3.05) is 33.1 Å². The van der Waals surface area contributed by atoms with Gasteiger partial charge in [0.2, 0.25) is 5.78 Å². The Kier molecular flexibility index (Phi) is 6.40. The number of aliphatic hydroxyl groups is 3. The first-order valence-electron chi connectivity index (χ1n) is 12.8. The number of ketones is 2. The fraction of sp³-hybridized carbons (Fsp3) is 0.345. The fourth-order valence-corrected chi connectivity index (χ4v) is 6.54. The standard InChI is InChI=1S/C29H29N5O7/c1-33(2)18-9-15(12-5-6-14(10-30)32-11-12)23(35)20-16(18)7-13-8-17-22(34(3)4)25(37)21(28(31)40)27(39)29(17,41)26(38)19(13)24(20)36/h5-6,9,11,13,17,22,35,37-38,41H,7-8H2,1-4H3,(H2,31,40)/t13-,17-,22-,29-/m0/s1. The highest BCUT2D eigenvalue weighted by Crippen LogP contribution is 2.54. The van der Waals surface area contributed by atoms with Gasteiger partial charge in [0.05, 0.1) is 11.6 Å². The van der Waals surface area contributed by atoms with Gasteiger partial charge in [-0.2, -0.15) is 5.26 Å². The third kappa shape index (κ3) is 3.81. The molecule has 1 amide bonds. The molecule has 0 fully saturated rings. The Labute approximate surface area is 235 Å². The number of likely N-dealkylation sites (N-methyl/N-ethyl adjacent to an activating group) is 1. The smallest absolute Gasteiger partial charge is 0.255 e. The molecule has 1 aromatic heterocycles. The van der Waals surface area contributed by atoms with Crippen LogP contribution in [0.2, 0.25) is 0 Å². The van der Waals surface area contributed by atoms with Gasteiger partial charge in [-0.3, -0.25) is 19.3 Å². The number of nitriles is 1. The van der Waals surface area contributed by atoms with Crippen LogP contribution in [0.15, 0.2) is 47.1 Å². The summed E-state index contributed by atoms with van der Waals surface area (Å²) in [4.78, 5) is 47.1. The van der Waals surface area contributed by atoms with Crippen molar-refractivity contribution in [3.63, 3.8) is 0 Å². The highest BCUT2D eigenvalue weighted by Gasteiger charge is 2.63. The second kappa shape index (κ2) is 9.43. The number of aliphatic hydroxyl groups excluding tert-OH is 2. The van der Waals surface area contributed by atoms with Gasteiger partial charge in [0.25, 0.3) is 5.91 Å². The predicted octanol–water partition coefficient (Wildman–Crippen LogP) is 1.12. The molecule has 2 aromatic rings. The molecule has 5 rings (SSSR count). The minimum atomic E-state index is -2.71. The zero-order chi connectivity index (χ0) is 30.1. The molecule has 3 aliphatic rings. The SMILES string of the molecule is CN(C)c1cc(-c2ccc(C#N)nc2)c(O)c2c1C[C@H]1C[C@H]3[C@H](N(C)C)C(O)=C(C(N)=O)C(=O)[C@@]3(O)C(O)=C1C2=O. The fourth-order valence-electron chi connectivity index (χ4n) is 6.54. The minimum absolute atomic E-state index is 0.000680. The average molecular weight is 560 g/mol. The zero-order valence-corrected chi connectivity index (χ0v) is 22.8. The number of aromatic nitrogens is 1. The van der Waals surface area contributed by atoms with Gasteiger partial charge >= 0.3 is 0 Å². The lowest BCUT2D eigenvalue weighted by Crippen LogP contribution is -2.63. The molecule has 0 saturated heterocycles. The molecule has 12 heteroatoms. The number of pyridine rings is 1. The lowest BCUT2D eigenvalue weighted by Gasteiger charge is -2.50. The van der Waals surface area contributed by atoms with E-state index in [1.165, 1.54) is 17.2 Å². The van der Waals surface area contributed by atoms with Gasteiger partial charge in [-0.05, 0) is 56.6 Å². The molecule has 1 heterocycles. The van der Waals surface area contributed by atoms with E-state index < -0.39 is 58.0 Å². The molecule has 4 atom stereocenters. The lowest BCUT2D eigenvalue weighted by atomic mass is 9.58. The van der Waals surface area contributed by atoms with Crippen molar-refractivity contribution in [2.24, 2.45) is 17.6 Å². The molecule has 0 aliphatic heterocycles. The summed E-state index contributed by atoms with van der Waals surface area (Å²) in [5.41, 5.74) is 3.47. The van der Waals surface area contributed by atoms with Crippen molar-refractivity contribution in [1.82, 2.24) is 9.88 Å². The van der Waals surface area contributed by atoms with E-state index in [4.69, 9.17) is 11.0 Å². The van der Waals surface area contributed by atoms with E-state index in [9.17, 15) is 34.8 Å². The van der Waals surface area contributed by atoms with E-state index in [0.29, 0.717) is 16.8 Å². The van der Waals surface area contributed by atoms with Crippen LogP contribution in [0.4, 0.5) is 5.69 Å². The number of fused-ring (bicyclic) bond motifs is 3. The van der Waals surface area contributed by atoms with Crippen LogP contribution in [0, 0.1) is 23.2 Å². The van der Waals surface area contributed by atoms with Crippen LogP contribution in [0.1, 0.15) is 28.0 Å². The largest absolute Gasteiger partial charge is 0.510 e. The molecule has 0 radical (unpaired) electrons. The van der Waals surface area contributed by atoms with Crippen molar-refractivity contribution in [2.45, 2.75) is 24.5 Å². The van der Waals surface area contributed by atoms with Gasteiger partial charge in [-0.1, -0.05) is 0 Å². The highest BCUT2D eigenvalue weighted by atomic mass is 16.3. The summed E-state index contributed by atoms with van der Waals surface area (Å²) < 4.78 is 0. The maximum atomic E-state index is 14.1. The highest BCUT2D eigenvalue weighted by molar-refractivity contribution is 6.25. The molecular formula is C29H29N5O7. The van der Waals surface area contributed by atoms with Crippen LogP contribution in [0.25, 0.3) is 11.1 Å². The van der Waals surface area contributed by atoms with Gasteiger partial charge in [-0.25, -0.2) is 4.98 Å². The molecule has 3 aliphatic carbocycles. The third-order valence-electron chi connectivity index (χ3n) is 8.37. The quantitative estimate of drug-likeness (QED) is 0.336. The summed E-state index contributed by atoms with van der Waals surface area (Å²) in [5.74, 6) is -7.05. The summed E-state index contributed by atoms with van der Waals surface area (Å²) in [6.45, 7) is 0. The minimum Gasteiger partial charge on any atom is -0.510 e. The number of hydrogen-bond donors (Lipinski definition) is 5. The van der Waals surface area contributed by atoms with E-state index in [1.54, 1.807) is 45.2 Å². The first-order valence-corrected chi connectivity index (χ1v) is 12.8. The number of anilines is 1. The molecule has 0 unspecified atom stereocenters. The summed E-state index contributed by atoms with van der Waals surface area (Å²) >= 11 is 0. The Morgan fingerprint density at radius 2 is 1.85 bits per heavy atom. The summed E-state index contributed by atoms with van der Waals surface area (Å²) in [6, 6.07) is 5.63. The third-order valence-corrected chi connectivity index (χ3v) is 8.37. The number of phenols is 1. The Hall–Kier alpha value is -4.73. The van der Waals surface area contributed by atoms with Gasteiger partial charge in [0.15, 0.2) is 11.4 Å². The number of rotatable bonds is 4. The summed E-state index contributed by atoms with van der Waals surface area (Å²) in [7, 11) is 6.71. The van der Waals surface area contributed by atoms with Crippen molar-refractivity contribution in [3.8, 4) is 22.9 Å². The number of nitrogens with zero attached hydrogens (tertiary/aromatic N) is 4. The van der Waals surface area contributed by atoms with E-state index >= 15 is 0 Å². The molecule has 12 nitrogen and oxygen atoms in total. The number of aromatic hydroxyl groups is 1. The maximum Gasteiger partial charge on any atom is 0.255 e. The lowest BCUT2D eigenvalue weighted by molar-refractivity contribution is -0.148. The Bertz CT molecular complexity index is 1630. The Morgan fingerprint density at radius 1 is 1.17 bits per heavy atom. The number of allylic oxidation sites excluding steroid dienone is 1. The van der Waals surface area contributed by atoms with Crippen molar-refractivity contribution in [1.29, 1.82) is 5.26 Å². The Balaban J connectivity index is 1.75. The van der Waals surface area contributed by atoms with Crippen LogP contribution >= 0.6 is 0 Å². The summed E-state index contributed by atoms with van der Waals surface area (Å²) in [6.07, 6.45) is 1.56. The van der Waals surface area contributed by atoms with Crippen LogP contribution in [0.5, 0.6) is 5.75 Å². The van der Waals surface area contributed by atoms with Crippen molar-refractivity contribution in [3.05, 3.63) is 63.9 Å². The number of carbonyl (C=O) groups is 3. The van der Waals surface area contributed by atoms with E-state index in [1.807, 2.05) is 6.07 Å². The van der Waals surface area contributed by atoms with Crippen LogP contribution in [-0.2, 0) is 16.0 Å². The second-order valence-corrected chi connectivity index (χ2v) is 11.0. The molecular weight excluding hydrogens is 530 g/mol. The number of amides is 1. The molecule has 212 valence electrons. The molecule has 0 saturated carbocycles. The monoisotopic (exact) mass is 559 g/mol. The number of primary amides is 1. The molecule has 1 aromatic carbocycles. The summed E-state index contributed by atoms with van der Waals surface area (Å²) in [5, 5.41) is 54.7. The normalized spacial score (nSPS) is 25.4. The topological polar surface area (TPSA) is 201 Å². The van der Waals surface area contributed by atoms with Gasteiger partial charge in [0.1, 0.15) is 34.6 Å². The van der Waals surface area contributed by atoms with Crippen LogP contribution < -0.4 is 10.6 Å². The first-order chi connectivity index (χ1) is 19.2.